The molecule has 0 aliphatic heterocycles. The van der Waals surface area contributed by atoms with Crippen LogP contribution in [0.15, 0.2) is 30.3 Å². The molecule has 1 atom stereocenters. The summed E-state index contributed by atoms with van der Waals surface area (Å²) >= 11 is 0. The van der Waals surface area contributed by atoms with Crippen LogP contribution in [0.2, 0.25) is 18.1 Å². The van der Waals surface area contributed by atoms with Crippen LogP contribution >= 0.6 is 0 Å². The Kier molecular flexibility index (Phi) is 6.17. The third-order valence-corrected chi connectivity index (χ3v) is 8.90. The quantitative estimate of drug-likeness (QED) is 0.579. The molecule has 4 heteroatoms. The number of hydrogen-bond acceptors (Lipinski definition) is 3. The number of rotatable bonds is 6. The van der Waals surface area contributed by atoms with E-state index in [9.17, 15) is 4.79 Å². The highest BCUT2D eigenvalue weighted by molar-refractivity contribution is 6.74. The monoisotopic (exact) mass is 308 g/mol. The van der Waals surface area contributed by atoms with Gasteiger partial charge in [-0.15, -0.1) is 0 Å². The van der Waals surface area contributed by atoms with E-state index < -0.39 is 8.32 Å². The fourth-order valence-electron chi connectivity index (χ4n) is 1.90. The third-order valence-electron chi connectivity index (χ3n) is 4.36. The molecule has 1 rings (SSSR count). The molecule has 0 bridgehead atoms. The predicted octanol–water partition coefficient (Wildman–Crippen LogP) is 4.36. The fourth-order valence-corrected chi connectivity index (χ4v) is 2.96. The van der Waals surface area contributed by atoms with Crippen molar-refractivity contribution in [3.8, 4) is 0 Å². The van der Waals surface area contributed by atoms with Gasteiger partial charge < -0.3 is 9.16 Å². The maximum absolute atomic E-state index is 12.0. The van der Waals surface area contributed by atoms with Crippen LogP contribution in [0.25, 0.3) is 0 Å². The standard InChI is InChI=1S/C17H28O3Si/c1-17(2,3)21(5,6)20-13-12-15(16(18)19-4)14-10-8-7-9-11-14/h7-11,15H,12-13H2,1-6H3. The summed E-state index contributed by atoms with van der Waals surface area (Å²) in [6, 6.07) is 9.77. The molecule has 0 radical (unpaired) electrons. The average Bonchev–Trinajstić information content (AvgIpc) is 2.42. The molecule has 0 saturated heterocycles. The molecule has 0 aliphatic carbocycles. The Morgan fingerprint density at radius 2 is 1.76 bits per heavy atom. The minimum absolute atomic E-state index is 0.181. The van der Waals surface area contributed by atoms with Gasteiger partial charge in [-0.05, 0) is 30.1 Å². The van der Waals surface area contributed by atoms with E-state index in [1.165, 1.54) is 7.11 Å². The predicted molar refractivity (Wildman–Crippen MR) is 89.0 cm³/mol. The van der Waals surface area contributed by atoms with Crippen molar-refractivity contribution in [2.45, 2.75) is 51.2 Å². The lowest BCUT2D eigenvalue weighted by atomic mass is 9.96. The van der Waals surface area contributed by atoms with Crippen molar-refractivity contribution in [2.75, 3.05) is 13.7 Å². The smallest absolute Gasteiger partial charge is 0.313 e. The number of hydrogen-bond donors (Lipinski definition) is 0. The topological polar surface area (TPSA) is 35.5 Å². The van der Waals surface area contributed by atoms with Crippen LogP contribution in [-0.2, 0) is 14.0 Å². The summed E-state index contributed by atoms with van der Waals surface area (Å²) in [6.45, 7) is 11.7. The lowest BCUT2D eigenvalue weighted by molar-refractivity contribution is -0.142. The Balaban J connectivity index is 2.70. The van der Waals surface area contributed by atoms with Crippen LogP contribution in [-0.4, -0.2) is 28.0 Å². The lowest BCUT2D eigenvalue weighted by Crippen LogP contribution is -2.41. The van der Waals surface area contributed by atoms with Crippen LogP contribution in [0.3, 0.4) is 0 Å². The first kappa shape index (κ1) is 17.9. The Labute approximate surface area is 129 Å². The van der Waals surface area contributed by atoms with Crippen molar-refractivity contribution in [2.24, 2.45) is 0 Å². The molecular weight excluding hydrogens is 280 g/mol. The Hall–Kier alpha value is -1.13. The molecule has 1 aromatic rings. The van der Waals surface area contributed by atoms with Gasteiger partial charge in [-0.25, -0.2) is 0 Å². The summed E-state index contributed by atoms with van der Waals surface area (Å²) < 4.78 is 11.1. The van der Waals surface area contributed by atoms with Crippen LogP contribution in [0, 0.1) is 0 Å². The molecule has 0 spiro atoms. The number of ether oxygens (including phenoxy) is 1. The van der Waals surface area contributed by atoms with Gasteiger partial charge in [0.25, 0.3) is 0 Å². The molecule has 1 aromatic carbocycles. The van der Waals surface area contributed by atoms with Gasteiger partial charge in [0, 0.05) is 6.61 Å². The molecule has 0 heterocycles. The lowest BCUT2D eigenvalue weighted by Gasteiger charge is -2.36. The van der Waals surface area contributed by atoms with Gasteiger partial charge >= 0.3 is 5.97 Å². The minimum Gasteiger partial charge on any atom is -0.469 e. The summed E-state index contributed by atoms with van der Waals surface area (Å²) in [5.74, 6) is -0.444. The second-order valence-electron chi connectivity index (χ2n) is 6.88. The van der Waals surface area contributed by atoms with Crippen molar-refractivity contribution >= 4 is 14.3 Å². The molecular formula is C17H28O3Si. The second kappa shape index (κ2) is 7.23. The molecule has 0 amide bonds. The molecule has 118 valence electrons. The van der Waals surface area contributed by atoms with E-state index in [0.29, 0.717) is 13.0 Å². The second-order valence-corrected chi connectivity index (χ2v) is 11.7. The van der Waals surface area contributed by atoms with E-state index in [-0.39, 0.29) is 16.9 Å². The van der Waals surface area contributed by atoms with E-state index in [1.54, 1.807) is 0 Å². The summed E-state index contributed by atoms with van der Waals surface area (Å²) in [7, 11) is -0.332. The number of benzene rings is 1. The van der Waals surface area contributed by atoms with Crippen molar-refractivity contribution in [3.05, 3.63) is 35.9 Å². The van der Waals surface area contributed by atoms with Crippen LogP contribution in [0.5, 0.6) is 0 Å². The number of esters is 1. The van der Waals surface area contributed by atoms with E-state index in [1.807, 2.05) is 30.3 Å². The summed E-state index contributed by atoms with van der Waals surface area (Å²) in [5, 5.41) is 0.181. The minimum atomic E-state index is -1.77. The molecule has 21 heavy (non-hydrogen) atoms. The molecule has 0 saturated carbocycles. The fraction of sp³-hybridized carbons (Fsp3) is 0.588. The van der Waals surface area contributed by atoms with Gasteiger partial charge in [0.15, 0.2) is 8.32 Å². The van der Waals surface area contributed by atoms with Crippen molar-refractivity contribution in [1.82, 2.24) is 0 Å². The molecule has 1 unspecified atom stereocenters. The largest absolute Gasteiger partial charge is 0.469 e. The average molecular weight is 308 g/mol. The van der Waals surface area contributed by atoms with Crippen LogP contribution < -0.4 is 0 Å². The van der Waals surface area contributed by atoms with Crippen molar-refractivity contribution in [3.63, 3.8) is 0 Å². The zero-order valence-corrected chi connectivity index (χ0v) is 15.1. The summed E-state index contributed by atoms with van der Waals surface area (Å²) in [4.78, 5) is 12.0. The third kappa shape index (κ3) is 4.97. The van der Waals surface area contributed by atoms with Crippen molar-refractivity contribution in [1.29, 1.82) is 0 Å². The first-order valence-electron chi connectivity index (χ1n) is 7.46. The number of carbonyl (C=O) groups excluding carboxylic acids is 1. The van der Waals surface area contributed by atoms with Crippen LogP contribution in [0.1, 0.15) is 38.7 Å². The summed E-state index contributed by atoms with van der Waals surface area (Å²) in [5.41, 5.74) is 0.989. The van der Waals surface area contributed by atoms with Gasteiger partial charge in [0.05, 0.1) is 13.0 Å². The molecule has 3 nitrogen and oxygen atoms in total. The molecule has 0 fully saturated rings. The van der Waals surface area contributed by atoms with E-state index in [0.717, 1.165) is 5.56 Å². The Bertz CT molecular complexity index is 449. The first-order chi connectivity index (χ1) is 9.69. The highest BCUT2D eigenvalue weighted by atomic mass is 28.4. The zero-order valence-electron chi connectivity index (χ0n) is 14.1. The summed E-state index contributed by atoms with van der Waals surface area (Å²) in [6.07, 6.45) is 0.656. The van der Waals surface area contributed by atoms with E-state index in [4.69, 9.17) is 9.16 Å². The molecule has 0 aromatic heterocycles. The highest BCUT2D eigenvalue weighted by Crippen LogP contribution is 2.37. The Morgan fingerprint density at radius 1 is 1.19 bits per heavy atom. The van der Waals surface area contributed by atoms with E-state index >= 15 is 0 Å². The maximum Gasteiger partial charge on any atom is 0.313 e. The van der Waals surface area contributed by atoms with Crippen molar-refractivity contribution < 1.29 is 14.0 Å². The van der Waals surface area contributed by atoms with Gasteiger partial charge in [-0.3, -0.25) is 4.79 Å². The van der Waals surface area contributed by atoms with Gasteiger partial charge in [-0.1, -0.05) is 51.1 Å². The SMILES string of the molecule is COC(=O)C(CCO[Si](C)(C)C(C)(C)C)c1ccccc1. The molecule has 0 aliphatic rings. The van der Waals surface area contributed by atoms with E-state index in [2.05, 4.69) is 33.9 Å². The zero-order chi connectivity index (χ0) is 16.1. The van der Waals surface area contributed by atoms with Gasteiger partial charge in [0.2, 0.25) is 0 Å². The van der Waals surface area contributed by atoms with Crippen LogP contribution in [0.4, 0.5) is 0 Å². The highest BCUT2D eigenvalue weighted by Gasteiger charge is 2.37. The van der Waals surface area contributed by atoms with Gasteiger partial charge in [0.1, 0.15) is 0 Å². The number of carbonyl (C=O) groups is 1. The molecule has 0 N–H and O–H groups in total. The maximum atomic E-state index is 12.0. The first-order valence-corrected chi connectivity index (χ1v) is 10.4. The number of methoxy groups -OCH3 is 1. The normalized spacial score (nSPS) is 13.8. The Morgan fingerprint density at radius 3 is 2.24 bits per heavy atom. The van der Waals surface area contributed by atoms with Gasteiger partial charge in [-0.2, -0.15) is 0 Å².